The molecule has 3 rings (SSSR count). The Morgan fingerprint density at radius 3 is 2.81 bits per heavy atom. The number of carbonyl (C=O) groups is 1. The lowest BCUT2D eigenvalue weighted by atomic mass is 9.77. The zero-order valence-corrected chi connectivity index (χ0v) is 13.3. The number of methoxy groups -OCH3 is 1. The van der Waals surface area contributed by atoms with Crippen LogP contribution in [0.4, 0.5) is 4.39 Å². The predicted molar refractivity (Wildman–Crippen MR) is 78.8 cm³/mol. The molecule has 0 aliphatic carbocycles. The molecule has 110 valence electrons. The molecule has 1 aromatic heterocycles. The molecule has 5 nitrogen and oxygen atoms in total. The first kappa shape index (κ1) is 14.6. The van der Waals surface area contributed by atoms with Gasteiger partial charge < -0.3 is 10.1 Å². The molecule has 2 aromatic rings. The van der Waals surface area contributed by atoms with E-state index in [1.54, 1.807) is 6.07 Å². The van der Waals surface area contributed by atoms with Gasteiger partial charge in [-0.1, -0.05) is 11.6 Å². The molecule has 1 fully saturated rings. The molecule has 0 radical (unpaired) electrons. The SMILES string of the molecule is COC(=O)C1(c2ncnc3c(F)c(Br)c(Cl)cc23)CNC1. The van der Waals surface area contributed by atoms with Crippen LogP contribution < -0.4 is 5.32 Å². The van der Waals surface area contributed by atoms with Crippen LogP contribution in [-0.2, 0) is 14.9 Å². The van der Waals surface area contributed by atoms with Gasteiger partial charge in [-0.05, 0) is 22.0 Å². The Bertz CT molecular complexity index is 752. The molecular weight excluding hydrogens is 365 g/mol. The Balaban J connectivity index is 2.31. The molecule has 2 heterocycles. The fourth-order valence-electron chi connectivity index (χ4n) is 2.47. The van der Waals surface area contributed by atoms with Crippen LogP contribution >= 0.6 is 27.5 Å². The van der Waals surface area contributed by atoms with Crippen molar-refractivity contribution in [3.8, 4) is 0 Å². The third-order valence-electron chi connectivity index (χ3n) is 3.65. The minimum absolute atomic E-state index is 0.117. The lowest BCUT2D eigenvalue weighted by Gasteiger charge is -2.39. The fraction of sp³-hybridized carbons (Fsp3) is 0.308. The minimum atomic E-state index is -0.931. The van der Waals surface area contributed by atoms with Gasteiger partial charge in [0.2, 0.25) is 0 Å². The van der Waals surface area contributed by atoms with Gasteiger partial charge in [-0.2, -0.15) is 0 Å². The zero-order chi connectivity index (χ0) is 15.2. The number of esters is 1. The quantitative estimate of drug-likeness (QED) is 0.645. The maximum absolute atomic E-state index is 14.3. The van der Waals surface area contributed by atoms with E-state index >= 15 is 0 Å². The summed E-state index contributed by atoms with van der Waals surface area (Å²) in [5, 5.41) is 3.63. The number of nitrogens with one attached hydrogen (secondary N) is 1. The van der Waals surface area contributed by atoms with Crippen molar-refractivity contribution in [1.82, 2.24) is 15.3 Å². The normalized spacial score (nSPS) is 16.6. The van der Waals surface area contributed by atoms with Gasteiger partial charge in [-0.3, -0.25) is 4.79 Å². The summed E-state index contributed by atoms with van der Waals surface area (Å²) in [6.45, 7) is 0.752. The van der Waals surface area contributed by atoms with Crippen LogP contribution in [0, 0.1) is 5.82 Å². The Kier molecular flexibility index (Phi) is 3.59. The van der Waals surface area contributed by atoms with Gasteiger partial charge in [-0.25, -0.2) is 14.4 Å². The van der Waals surface area contributed by atoms with Crippen molar-refractivity contribution in [2.24, 2.45) is 0 Å². The smallest absolute Gasteiger partial charge is 0.320 e. The molecule has 1 aromatic carbocycles. The molecule has 1 aliphatic heterocycles. The molecule has 0 unspecified atom stereocenters. The Morgan fingerprint density at radius 1 is 1.52 bits per heavy atom. The minimum Gasteiger partial charge on any atom is -0.468 e. The van der Waals surface area contributed by atoms with Gasteiger partial charge in [0.05, 0.1) is 22.3 Å². The number of halogens is 3. The Labute approximate surface area is 133 Å². The second-order valence-corrected chi connectivity index (χ2v) is 5.98. The largest absolute Gasteiger partial charge is 0.468 e. The topological polar surface area (TPSA) is 64.1 Å². The average molecular weight is 375 g/mol. The third kappa shape index (κ3) is 2.03. The van der Waals surface area contributed by atoms with E-state index in [0.29, 0.717) is 24.2 Å². The van der Waals surface area contributed by atoms with E-state index < -0.39 is 17.2 Å². The Morgan fingerprint density at radius 2 is 2.24 bits per heavy atom. The van der Waals surface area contributed by atoms with Gasteiger partial charge >= 0.3 is 5.97 Å². The number of ether oxygens (including phenoxy) is 1. The Hall–Kier alpha value is -1.31. The van der Waals surface area contributed by atoms with E-state index in [4.69, 9.17) is 16.3 Å². The predicted octanol–water partition coefficient (Wildman–Crippen LogP) is 2.20. The van der Waals surface area contributed by atoms with Crippen LogP contribution in [0.25, 0.3) is 10.9 Å². The summed E-state index contributed by atoms with van der Waals surface area (Å²) < 4.78 is 19.3. The van der Waals surface area contributed by atoms with Gasteiger partial charge in [0.15, 0.2) is 5.82 Å². The summed E-state index contributed by atoms with van der Waals surface area (Å²) in [5.74, 6) is -0.992. The molecular formula is C13H10BrClFN3O2. The summed E-state index contributed by atoms with van der Waals surface area (Å²) >= 11 is 9.09. The van der Waals surface area contributed by atoms with E-state index in [2.05, 4.69) is 31.2 Å². The molecule has 0 atom stereocenters. The number of benzene rings is 1. The van der Waals surface area contributed by atoms with E-state index in [1.807, 2.05) is 0 Å². The van der Waals surface area contributed by atoms with Crippen LogP contribution in [0.3, 0.4) is 0 Å². The van der Waals surface area contributed by atoms with E-state index in [9.17, 15) is 9.18 Å². The number of fused-ring (bicyclic) bond motifs is 1. The van der Waals surface area contributed by atoms with Crippen LogP contribution in [0.1, 0.15) is 5.69 Å². The molecule has 0 amide bonds. The number of hydrogen-bond acceptors (Lipinski definition) is 5. The molecule has 0 spiro atoms. The molecule has 0 bridgehead atoms. The van der Waals surface area contributed by atoms with Gasteiger partial charge in [0, 0.05) is 18.5 Å². The van der Waals surface area contributed by atoms with Crippen molar-refractivity contribution in [2.75, 3.05) is 20.2 Å². The summed E-state index contributed by atoms with van der Waals surface area (Å²) in [6, 6.07) is 1.56. The first-order valence-electron chi connectivity index (χ1n) is 6.09. The molecule has 21 heavy (non-hydrogen) atoms. The second kappa shape index (κ2) is 5.15. The number of rotatable bonds is 2. The second-order valence-electron chi connectivity index (χ2n) is 4.78. The van der Waals surface area contributed by atoms with Crippen LogP contribution in [0.15, 0.2) is 16.9 Å². The molecule has 8 heteroatoms. The fourth-order valence-corrected chi connectivity index (χ4v) is 2.96. The number of nitrogens with zero attached hydrogens (tertiary/aromatic N) is 2. The van der Waals surface area contributed by atoms with Crippen LogP contribution in [0.5, 0.6) is 0 Å². The van der Waals surface area contributed by atoms with Crippen LogP contribution in [0.2, 0.25) is 5.02 Å². The van der Waals surface area contributed by atoms with E-state index in [1.165, 1.54) is 13.4 Å². The van der Waals surface area contributed by atoms with Crippen molar-refractivity contribution in [3.63, 3.8) is 0 Å². The van der Waals surface area contributed by atoms with Gasteiger partial charge in [0.1, 0.15) is 17.3 Å². The summed E-state index contributed by atoms with van der Waals surface area (Å²) in [4.78, 5) is 20.3. The van der Waals surface area contributed by atoms with Crippen molar-refractivity contribution in [3.05, 3.63) is 33.4 Å². The van der Waals surface area contributed by atoms with E-state index in [0.717, 1.165) is 0 Å². The summed E-state index contributed by atoms with van der Waals surface area (Å²) in [7, 11) is 1.32. The first-order valence-corrected chi connectivity index (χ1v) is 7.26. The maximum Gasteiger partial charge on any atom is 0.320 e. The van der Waals surface area contributed by atoms with Crippen molar-refractivity contribution >= 4 is 44.4 Å². The van der Waals surface area contributed by atoms with Gasteiger partial charge in [0.25, 0.3) is 0 Å². The van der Waals surface area contributed by atoms with Crippen molar-refractivity contribution < 1.29 is 13.9 Å². The molecule has 1 saturated heterocycles. The summed E-state index contributed by atoms with van der Waals surface area (Å²) in [5.41, 5.74) is -0.391. The van der Waals surface area contributed by atoms with Crippen molar-refractivity contribution in [1.29, 1.82) is 0 Å². The number of carbonyl (C=O) groups excluding carboxylic acids is 1. The monoisotopic (exact) mass is 373 g/mol. The highest BCUT2D eigenvalue weighted by Gasteiger charge is 2.49. The maximum atomic E-state index is 14.3. The molecule has 0 saturated carbocycles. The van der Waals surface area contributed by atoms with Crippen molar-refractivity contribution in [2.45, 2.75) is 5.41 Å². The standard InChI is InChI=1S/C13H10BrClFN3O2/c1-21-12(20)13(3-17-4-13)11-6-2-7(15)8(14)9(16)10(6)18-5-19-11/h2,5,17H,3-4H2,1H3. The van der Waals surface area contributed by atoms with Crippen LogP contribution in [-0.4, -0.2) is 36.1 Å². The number of aromatic nitrogens is 2. The lowest BCUT2D eigenvalue weighted by molar-refractivity contribution is -0.149. The number of hydrogen-bond donors (Lipinski definition) is 1. The highest BCUT2D eigenvalue weighted by atomic mass is 79.9. The van der Waals surface area contributed by atoms with E-state index in [-0.39, 0.29) is 15.0 Å². The lowest BCUT2D eigenvalue weighted by Crippen LogP contribution is -2.62. The third-order valence-corrected chi connectivity index (χ3v) is 4.95. The molecule has 1 N–H and O–H groups in total. The van der Waals surface area contributed by atoms with Gasteiger partial charge in [-0.15, -0.1) is 0 Å². The average Bonchev–Trinajstić information content (AvgIpc) is 2.44. The highest BCUT2D eigenvalue weighted by molar-refractivity contribution is 9.10. The zero-order valence-electron chi connectivity index (χ0n) is 10.9. The highest BCUT2D eigenvalue weighted by Crippen LogP contribution is 2.37. The summed E-state index contributed by atoms with van der Waals surface area (Å²) in [6.07, 6.45) is 1.24. The first-order chi connectivity index (χ1) is 10.0. The molecule has 1 aliphatic rings.